The highest BCUT2D eigenvalue weighted by Crippen LogP contribution is 2.38. The first-order valence-corrected chi connectivity index (χ1v) is 6.75. The quantitative estimate of drug-likeness (QED) is 0.571. The molecule has 0 radical (unpaired) electrons. The van der Waals surface area contributed by atoms with Crippen LogP contribution in [0, 0.1) is 0 Å². The normalized spacial score (nSPS) is 24.8. The van der Waals surface area contributed by atoms with Gasteiger partial charge < -0.3 is 30.4 Å². The predicted octanol–water partition coefficient (Wildman–Crippen LogP) is -0.330. The summed E-state index contributed by atoms with van der Waals surface area (Å²) in [5.74, 6) is 0.248. The molecule has 3 rings (SSSR count). The number of rotatable bonds is 3. The number of aliphatic hydroxyl groups is 3. The second-order valence-electron chi connectivity index (χ2n) is 5.04. The summed E-state index contributed by atoms with van der Waals surface area (Å²) in [5.41, 5.74) is 4.87. The van der Waals surface area contributed by atoms with E-state index in [0.29, 0.717) is 11.0 Å². The lowest BCUT2D eigenvalue weighted by Crippen LogP contribution is -2.46. The molecule has 9 heteroatoms. The fraction of sp³-hybridized carbons (Fsp3) is 0.500. The summed E-state index contributed by atoms with van der Waals surface area (Å²) in [6.45, 7) is -0.976. The fourth-order valence-electron chi connectivity index (χ4n) is 2.57. The molecule has 2 aromatic heterocycles. The van der Waals surface area contributed by atoms with Crippen molar-refractivity contribution in [3.63, 3.8) is 0 Å². The molecule has 2 atom stereocenters. The molecule has 0 saturated carbocycles. The highest BCUT2D eigenvalue weighted by molar-refractivity contribution is 6.28. The van der Waals surface area contributed by atoms with Gasteiger partial charge in [0.25, 0.3) is 0 Å². The van der Waals surface area contributed by atoms with Crippen LogP contribution in [0.4, 0.5) is 5.82 Å². The zero-order valence-corrected chi connectivity index (χ0v) is 11.7. The maximum atomic E-state index is 10.0. The van der Waals surface area contributed by atoms with Crippen LogP contribution >= 0.6 is 11.6 Å². The van der Waals surface area contributed by atoms with Gasteiger partial charge in [0, 0.05) is 12.6 Å². The van der Waals surface area contributed by atoms with E-state index in [-0.39, 0.29) is 17.5 Å². The first kappa shape index (κ1) is 14.5. The molecule has 0 bridgehead atoms. The Labute approximate surface area is 124 Å². The van der Waals surface area contributed by atoms with E-state index >= 15 is 0 Å². The van der Waals surface area contributed by atoms with Crippen LogP contribution in [-0.4, -0.2) is 54.8 Å². The number of nitrogen functional groups attached to an aromatic ring is 1. The van der Waals surface area contributed by atoms with E-state index in [1.165, 1.54) is 0 Å². The van der Waals surface area contributed by atoms with Crippen LogP contribution in [0.25, 0.3) is 11.0 Å². The number of fused-ring (bicyclic) bond motifs is 1. The number of nitrogens with two attached hydrogens (primary N) is 1. The molecule has 5 N–H and O–H groups in total. The Morgan fingerprint density at radius 1 is 1.43 bits per heavy atom. The smallest absolute Gasteiger partial charge is 0.226 e. The van der Waals surface area contributed by atoms with Gasteiger partial charge in [-0.2, -0.15) is 4.98 Å². The molecule has 114 valence electrons. The third-order valence-corrected chi connectivity index (χ3v) is 3.99. The van der Waals surface area contributed by atoms with E-state index in [1.54, 1.807) is 16.8 Å². The molecule has 3 heterocycles. The van der Waals surface area contributed by atoms with Gasteiger partial charge in [0.1, 0.15) is 23.3 Å². The minimum Gasteiger partial charge on any atom is -0.393 e. The highest BCUT2D eigenvalue weighted by Gasteiger charge is 2.48. The van der Waals surface area contributed by atoms with Crippen LogP contribution < -0.4 is 5.73 Å². The number of halogens is 1. The van der Waals surface area contributed by atoms with Gasteiger partial charge in [-0.1, -0.05) is 0 Å². The average Bonchev–Trinajstić information content (AvgIpc) is 3.00. The van der Waals surface area contributed by atoms with Gasteiger partial charge in [-0.05, 0) is 17.7 Å². The number of nitrogens with zero attached hydrogens (tertiary/aromatic N) is 3. The maximum Gasteiger partial charge on any atom is 0.226 e. The topological polar surface area (TPSA) is 127 Å². The number of aliphatic hydroxyl groups excluding tert-OH is 3. The van der Waals surface area contributed by atoms with Gasteiger partial charge in [0.05, 0.1) is 24.7 Å². The van der Waals surface area contributed by atoms with Crippen molar-refractivity contribution in [2.24, 2.45) is 0 Å². The fourth-order valence-corrected chi connectivity index (χ4v) is 2.74. The third kappa shape index (κ3) is 2.16. The molecule has 1 aliphatic rings. The van der Waals surface area contributed by atoms with Gasteiger partial charge in [-0.15, -0.1) is 0 Å². The van der Waals surface area contributed by atoms with Crippen molar-refractivity contribution in [2.45, 2.75) is 24.4 Å². The lowest BCUT2D eigenvalue weighted by Gasteiger charge is -2.27. The molecule has 0 aliphatic carbocycles. The van der Waals surface area contributed by atoms with E-state index in [2.05, 4.69) is 9.97 Å². The van der Waals surface area contributed by atoms with Crippen LogP contribution in [0.1, 0.15) is 12.6 Å². The molecule has 0 aromatic carbocycles. The molecule has 0 spiro atoms. The van der Waals surface area contributed by atoms with Crippen molar-refractivity contribution < 1.29 is 20.1 Å². The Morgan fingerprint density at radius 2 is 2.14 bits per heavy atom. The van der Waals surface area contributed by atoms with Crippen molar-refractivity contribution in [3.05, 3.63) is 17.5 Å². The Balaban J connectivity index is 2.03. The first-order chi connectivity index (χ1) is 10.0. The summed E-state index contributed by atoms with van der Waals surface area (Å²) < 4.78 is 7.31. The molecular formula is C12H15ClN4O4. The summed E-state index contributed by atoms with van der Waals surface area (Å²) in [4.78, 5) is 7.98. The molecule has 2 aromatic rings. The van der Waals surface area contributed by atoms with Gasteiger partial charge >= 0.3 is 0 Å². The third-order valence-electron chi connectivity index (χ3n) is 3.82. The van der Waals surface area contributed by atoms with Crippen molar-refractivity contribution in [1.29, 1.82) is 0 Å². The van der Waals surface area contributed by atoms with Gasteiger partial charge in [0.2, 0.25) is 5.28 Å². The molecule has 1 fully saturated rings. The minimum absolute atomic E-state index is 0.00840. The lowest BCUT2D eigenvalue weighted by atomic mass is 9.99. The lowest BCUT2D eigenvalue weighted by molar-refractivity contribution is -0.148. The Bertz CT molecular complexity index is 673. The van der Waals surface area contributed by atoms with Gasteiger partial charge in [0.15, 0.2) is 0 Å². The van der Waals surface area contributed by atoms with Crippen molar-refractivity contribution in [2.75, 3.05) is 18.9 Å². The summed E-state index contributed by atoms with van der Waals surface area (Å²) in [5, 5.41) is 29.4. The highest BCUT2D eigenvalue weighted by atomic mass is 35.5. The zero-order valence-electron chi connectivity index (χ0n) is 11.0. The van der Waals surface area contributed by atoms with E-state index in [0.717, 1.165) is 0 Å². The second kappa shape index (κ2) is 5.08. The van der Waals surface area contributed by atoms with E-state index in [4.69, 9.17) is 22.1 Å². The van der Waals surface area contributed by atoms with Crippen LogP contribution in [-0.2, 0) is 4.74 Å². The van der Waals surface area contributed by atoms with E-state index < -0.39 is 31.1 Å². The molecule has 1 saturated heterocycles. The summed E-state index contributed by atoms with van der Waals surface area (Å²) in [6, 6.07) is 1.72. The molecular weight excluding hydrogens is 300 g/mol. The van der Waals surface area contributed by atoms with Crippen LogP contribution in [0.3, 0.4) is 0 Å². The molecule has 0 unspecified atom stereocenters. The average molecular weight is 315 g/mol. The number of anilines is 1. The number of hydrogen-bond acceptors (Lipinski definition) is 7. The Kier molecular flexibility index (Phi) is 3.50. The van der Waals surface area contributed by atoms with Crippen molar-refractivity contribution in [1.82, 2.24) is 14.5 Å². The van der Waals surface area contributed by atoms with Gasteiger partial charge in [-0.25, -0.2) is 4.98 Å². The minimum atomic E-state index is -1.39. The van der Waals surface area contributed by atoms with Crippen molar-refractivity contribution >= 4 is 28.5 Å². The van der Waals surface area contributed by atoms with Crippen molar-refractivity contribution in [3.8, 4) is 0 Å². The standard InChI is InChI=1S/C12H15ClN4O4/c13-11-15-9(14)6-1-2-17(10(6)16-11)8-3-7(20)12(4-18,5-19)21-8/h1-2,7-8,18-20H,3-5H2,(H2,14,15,16)/t7-,8+/m0/s1. The second-order valence-corrected chi connectivity index (χ2v) is 5.38. The maximum absolute atomic E-state index is 10.0. The largest absolute Gasteiger partial charge is 0.393 e. The monoisotopic (exact) mass is 314 g/mol. The summed E-state index contributed by atoms with van der Waals surface area (Å²) in [6.07, 6.45) is 0.299. The molecule has 0 amide bonds. The molecule has 1 aliphatic heterocycles. The summed E-state index contributed by atoms with van der Waals surface area (Å²) >= 11 is 5.81. The summed E-state index contributed by atoms with van der Waals surface area (Å²) in [7, 11) is 0. The van der Waals surface area contributed by atoms with E-state index in [9.17, 15) is 15.3 Å². The predicted molar refractivity (Wildman–Crippen MR) is 74.6 cm³/mol. The zero-order chi connectivity index (χ0) is 15.2. The van der Waals surface area contributed by atoms with Crippen LogP contribution in [0.5, 0.6) is 0 Å². The van der Waals surface area contributed by atoms with Crippen LogP contribution in [0.2, 0.25) is 5.28 Å². The van der Waals surface area contributed by atoms with Gasteiger partial charge in [-0.3, -0.25) is 0 Å². The number of ether oxygens (including phenoxy) is 1. The molecule has 8 nitrogen and oxygen atoms in total. The Morgan fingerprint density at radius 3 is 2.76 bits per heavy atom. The first-order valence-electron chi connectivity index (χ1n) is 6.38. The van der Waals surface area contributed by atoms with Crippen LogP contribution in [0.15, 0.2) is 12.3 Å². The SMILES string of the molecule is Nc1nc(Cl)nc2c1ccn2[C@H]1C[C@H](O)C(CO)(CO)O1. The molecule has 21 heavy (non-hydrogen) atoms. The van der Waals surface area contributed by atoms with E-state index in [1.807, 2.05) is 0 Å². The number of aromatic nitrogens is 3. The Hall–Kier alpha value is -1.45. The number of hydrogen-bond donors (Lipinski definition) is 4.